The van der Waals surface area contributed by atoms with Gasteiger partial charge >= 0.3 is 6.09 Å². The Morgan fingerprint density at radius 3 is 2.08 bits per heavy atom. The number of thiazole rings is 2. The molecule has 2 aromatic carbocycles. The summed E-state index contributed by atoms with van der Waals surface area (Å²) in [6.07, 6.45) is 3.54. The van der Waals surface area contributed by atoms with Gasteiger partial charge < -0.3 is 20.5 Å². The number of aliphatic hydroxyl groups is 1. The first-order valence-corrected chi connectivity index (χ1v) is 17.1. The smallest absolute Gasteiger partial charge is 0.410 e. The van der Waals surface area contributed by atoms with Crippen molar-refractivity contribution in [3.8, 4) is 22.5 Å². The molecule has 3 N–H and O–H groups in total. The van der Waals surface area contributed by atoms with Gasteiger partial charge in [-0.05, 0) is 32.9 Å². The fourth-order valence-corrected chi connectivity index (χ4v) is 7.10. The van der Waals surface area contributed by atoms with Gasteiger partial charge in [-0.15, -0.1) is 22.7 Å². The zero-order valence-electron chi connectivity index (χ0n) is 26.8. The second kappa shape index (κ2) is 13.7. The number of piperazine rings is 1. The van der Waals surface area contributed by atoms with E-state index in [1.165, 1.54) is 23.1 Å². The van der Waals surface area contributed by atoms with Crippen molar-refractivity contribution in [2.45, 2.75) is 39.5 Å². The Morgan fingerprint density at radius 1 is 0.917 bits per heavy atom. The predicted octanol–water partition coefficient (Wildman–Crippen LogP) is 6.16. The highest BCUT2D eigenvalue weighted by Crippen LogP contribution is 2.31. The number of rotatable bonds is 6. The third kappa shape index (κ3) is 7.18. The van der Waals surface area contributed by atoms with Gasteiger partial charge in [0.25, 0.3) is 5.69 Å². The number of aromatic nitrogens is 4. The Balaban J connectivity index is 0.000000182. The topological polar surface area (TPSA) is 157 Å². The molecule has 1 saturated heterocycles. The van der Waals surface area contributed by atoms with E-state index in [0.717, 1.165) is 47.2 Å². The van der Waals surface area contributed by atoms with Gasteiger partial charge in [-0.25, -0.2) is 14.8 Å². The molecule has 6 aromatic rings. The maximum Gasteiger partial charge on any atom is 0.410 e. The molecule has 5 heterocycles. The Labute approximate surface area is 284 Å². The van der Waals surface area contributed by atoms with E-state index in [0.29, 0.717) is 29.3 Å². The monoisotopic (exact) mass is 688 g/mol. The summed E-state index contributed by atoms with van der Waals surface area (Å²) in [6, 6.07) is 14.3. The Morgan fingerprint density at radius 2 is 1.48 bits per heavy atom. The number of carbonyl (C=O) groups excluding carboxylic acids is 1. The van der Waals surface area contributed by atoms with Crippen LogP contribution in [-0.2, 0) is 17.9 Å². The maximum absolute atomic E-state index is 12.2. The number of aliphatic hydroxyl groups excluding tert-OH is 1. The number of nitrogens with zero attached hydrogens (tertiary/aromatic N) is 7. The van der Waals surface area contributed by atoms with Crippen LogP contribution in [0.1, 0.15) is 32.2 Å². The molecule has 48 heavy (non-hydrogen) atoms. The van der Waals surface area contributed by atoms with Crippen LogP contribution in [0.15, 0.2) is 71.7 Å². The van der Waals surface area contributed by atoms with Crippen molar-refractivity contribution in [3.63, 3.8) is 0 Å². The third-order valence-electron chi connectivity index (χ3n) is 7.75. The minimum atomic E-state index is -0.461. The fraction of sp³-hybridized carbons (Fsp3) is 0.303. The lowest BCUT2D eigenvalue weighted by Crippen LogP contribution is -2.49. The number of fused-ring (bicyclic) bond motifs is 2. The van der Waals surface area contributed by atoms with Crippen LogP contribution in [0.4, 0.5) is 16.2 Å². The van der Waals surface area contributed by atoms with Crippen molar-refractivity contribution >= 4 is 50.1 Å². The van der Waals surface area contributed by atoms with Crippen LogP contribution in [0.2, 0.25) is 0 Å². The number of nitrogen functional groups attached to an aromatic ring is 1. The van der Waals surface area contributed by atoms with Crippen LogP contribution in [0, 0.1) is 10.1 Å². The van der Waals surface area contributed by atoms with E-state index in [-0.39, 0.29) is 18.4 Å². The van der Waals surface area contributed by atoms with Crippen molar-refractivity contribution < 1.29 is 19.6 Å². The number of amides is 1. The summed E-state index contributed by atoms with van der Waals surface area (Å²) >= 11 is 3.03. The van der Waals surface area contributed by atoms with Gasteiger partial charge in [-0.2, -0.15) is 0 Å². The molecule has 250 valence electrons. The molecule has 1 aliphatic heterocycles. The molecule has 0 bridgehead atoms. The number of nitro groups is 1. The number of nitrogens with two attached hydrogens (primary N) is 1. The van der Waals surface area contributed by atoms with E-state index in [1.807, 2.05) is 50.4 Å². The zero-order chi connectivity index (χ0) is 34.0. The van der Waals surface area contributed by atoms with Crippen LogP contribution < -0.4 is 5.73 Å². The van der Waals surface area contributed by atoms with Gasteiger partial charge in [0.15, 0.2) is 9.92 Å². The number of hydrogen-bond donors (Lipinski definition) is 2. The van der Waals surface area contributed by atoms with Gasteiger partial charge in [-0.1, -0.05) is 30.3 Å². The van der Waals surface area contributed by atoms with Crippen molar-refractivity contribution in [1.29, 1.82) is 0 Å². The molecular formula is C33H36N8O5S2. The number of hydrogen-bond acceptors (Lipinski definition) is 11. The molecule has 0 atom stereocenters. The highest BCUT2D eigenvalue weighted by atomic mass is 32.1. The molecule has 1 amide bonds. The van der Waals surface area contributed by atoms with E-state index in [2.05, 4.69) is 25.9 Å². The summed E-state index contributed by atoms with van der Waals surface area (Å²) in [7, 11) is 0. The summed E-state index contributed by atoms with van der Waals surface area (Å²) in [5.74, 6) is 0. The van der Waals surface area contributed by atoms with Crippen LogP contribution in [0.3, 0.4) is 0 Å². The SMILES string of the molecule is CC(C)(C)OC(=O)N1CCN(Cc2csc3nc(-c4ccccc4N)cn23)CC1.O=[N+]([O-])c1ccccc1-c1cn2c(CO)csc2n1. The van der Waals surface area contributed by atoms with Crippen molar-refractivity contribution in [3.05, 3.63) is 93.2 Å². The highest BCUT2D eigenvalue weighted by Gasteiger charge is 2.26. The second-order valence-electron chi connectivity index (χ2n) is 12.3. The first-order chi connectivity index (χ1) is 23.0. The van der Waals surface area contributed by atoms with Gasteiger partial charge in [-0.3, -0.25) is 23.8 Å². The lowest BCUT2D eigenvalue weighted by molar-refractivity contribution is -0.384. The maximum atomic E-state index is 12.2. The molecule has 7 rings (SSSR count). The second-order valence-corrected chi connectivity index (χ2v) is 13.9. The summed E-state index contributed by atoms with van der Waals surface area (Å²) in [5.41, 5.74) is 11.2. The Hall–Kier alpha value is -4.83. The molecule has 1 fully saturated rings. The Bertz CT molecular complexity index is 2070. The third-order valence-corrected chi connectivity index (χ3v) is 9.53. The molecule has 0 radical (unpaired) electrons. The van der Waals surface area contributed by atoms with E-state index in [1.54, 1.807) is 45.0 Å². The van der Waals surface area contributed by atoms with E-state index in [9.17, 15) is 20.0 Å². The lowest BCUT2D eigenvalue weighted by atomic mass is 10.1. The first-order valence-electron chi connectivity index (χ1n) is 15.3. The average molecular weight is 689 g/mol. The van der Waals surface area contributed by atoms with Crippen LogP contribution in [0.5, 0.6) is 0 Å². The molecule has 0 aliphatic carbocycles. The fourth-order valence-electron chi connectivity index (χ4n) is 5.37. The Kier molecular flexibility index (Phi) is 9.46. The highest BCUT2D eigenvalue weighted by molar-refractivity contribution is 7.15. The lowest BCUT2D eigenvalue weighted by Gasteiger charge is -2.35. The normalized spacial score (nSPS) is 13.9. The number of anilines is 1. The molecule has 15 heteroatoms. The van der Waals surface area contributed by atoms with Crippen LogP contribution in [0.25, 0.3) is 32.4 Å². The van der Waals surface area contributed by atoms with Crippen molar-refractivity contribution in [2.24, 2.45) is 0 Å². The standard InChI is InChI=1S/C21H27N5O2S.C12H9N3O3S/c1-21(2,3)28-20(27)25-10-8-24(9-11-25)12-15-14-29-19-23-18(13-26(15)19)16-6-4-5-7-17(16)22;16-6-8-7-19-12-13-10(5-14(8)12)9-3-1-2-4-11(9)15(17)18/h4-7,13-14H,8-12,22H2,1-3H3;1-5,7,16H,6H2. The first kappa shape index (κ1) is 33.1. The van der Waals surface area contributed by atoms with Gasteiger partial charge in [0.05, 0.1) is 34.2 Å². The van der Waals surface area contributed by atoms with Gasteiger partial charge in [0, 0.05) is 78.9 Å². The van der Waals surface area contributed by atoms with Gasteiger partial charge in [0.2, 0.25) is 0 Å². The van der Waals surface area contributed by atoms with Crippen molar-refractivity contribution in [1.82, 2.24) is 28.6 Å². The summed E-state index contributed by atoms with van der Waals surface area (Å²) in [4.78, 5) is 37.7. The largest absolute Gasteiger partial charge is 0.444 e. The molecule has 0 unspecified atom stereocenters. The number of imidazole rings is 2. The molecule has 0 saturated carbocycles. The number of nitro benzene ring substituents is 1. The number of para-hydroxylation sites is 2. The molecule has 1 aliphatic rings. The molecule has 4 aromatic heterocycles. The number of ether oxygens (including phenoxy) is 1. The predicted molar refractivity (Wildman–Crippen MR) is 187 cm³/mol. The number of benzene rings is 2. The minimum absolute atomic E-state index is 0.0267. The molecular weight excluding hydrogens is 653 g/mol. The average Bonchev–Trinajstić information content (AvgIpc) is 3.83. The summed E-state index contributed by atoms with van der Waals surface area (Å²) in [5, 5.41) is 24.2. The summed E-state index contributed by atoms with van der Waals surface area (Å²) < 4.78 is 9.37. The van der Waals surface area contributed by atoms with Gasteiger partial charge in [0.1, 0.15) is 5.60 Å². The van der Waals surface area contributed by atoms with Crippen molar-refractivity contribution in [2.75, 3.05) is 31.9 Å². The summed E-state index contributed by atoms with van der Waals surface area (Å²) in [6.45, 7) is 9.42. The molecule has 13 nitrogen and oxygen atoms in total. The van der Waals surface area contributed by atoms with E-state index < -0.39 is 10.5 Å². The minimum Gasteiger partial charge on any atom is -0.444 e. The number of carbonyl (C=O) groups is 1. The quantitative estimate of drug-likeness (QED) is 0.119. The molecule has 0 spiro atoms. The zero-order valence-corrected chi connectivity index (χ0v) is 28.4. The van der Waals surface area contributed by atoms with Crippen LogP contribution >= 0.6 is 22.7 Å². The van der Waals surface area contributed by atoms with Crippen LogP contribution in [-0.4, -0.2) is 76.5 Å². The van der Waals surface area contributed by atoms with E-state index in [4.69, 9.17) is 15.5 Å². The van der Waals surface area contributed by atoms with E-state index >= 15 is 0 Å².